The molecule has 1 aromatic carbocycles. The number of fused-ring (bicyclic) bond motifs is 1. The Morgan fingerprint density at radius 2 is 2.00 bits per heavy atom. The normalized spacial score (nSPS) is 17.4. The zero-order valence-electron chi connectivity index (χ0n) is 21.2. The summed E-state index contributed by atoms with van der Waals surface area (Å²) in [5, 5.41) is 22.6. The molecule has 1 aliphatic rings. The molecule has 0 N–H and O–H groups in total. The zero-order valence-corrected chi connectivity index (χ0v) is 18.2. The summed E-state index contributed by atoms with van der Waals surface area (Å²) < 4.78 is 22.9. The Bertz CT molecular complexity index is 1430. The number of hydrogen-bond acceptors (Lipinski definition) is 7. The Labute approximate surface area is 195 Å². The van der Waals surface area contributed by atoms with Crippen LogP contribution < -0.4 is 4.90 Å². The number of hydroxylamine groups is 3. The SMILES string of the molecule is [2H]C([2H])([2H])[N+]1([O-])CCN(c2cc(C(=O)Cc3cc4cc(-c5cn(C)nn5)ccc4cn3)ccn2)CC1. The Morgan fingerprint density at radius 1 is 1.15 bits per heavy atom. The Morgan fingerprint density at radius 3 is 2.76 bits per heavy atom. The van der Waals surface area contributed by atoms with Crippen molar-refractivity contribution >= 4 is 22.4 Å². The van der Waals surface area contributed by atoms with Crippen LogP contribution in [0.15, 0.2) is 55.0 Å². The number of nitrogens with zero attached hydrogens (tertiary/aromatic N) is 7. The third-order valence-electron chi connectivity index (χ3n) is 5.87. The molecule has 0 saturated carbocycles. The first-order valence-corrected chi connectivity index (χ1v) is 10.7. The fourth-order valence-corrected chi connectivity index (χ4v) is 3.97. The topological polar surface area (TPSA) is 99.9 Å². The second-order valence-electron chi connectivity index (χ2n) is 8.34. The number of carbonyl (C=O) groups is 1. The van der Waals surface area contributed by atoms with Crippen LogP contribution in [-0.4, -0.2) is 68.5 Å². The number of rotatable bonds is 5. The number of Topliss-reactive ketones (excluding diaryl/α,β-unsaturated/α-hetero) is 1. The zero-order chi connectivity index (χ0) is 25.5. The van der Waals surface area contributed by atoms with Crippen molar-refractivity contribution in [1.29, 1.82) is 0 Å². The van der Waals surface area contributed by atoms with E-state index in [1.807, 2.05) is 42.4 Å². The molecular formula is C24H25N7O2. The van der Waals surface area contributed by atoms with E-state index in [0.29, 0.717) is 17.1 Å². The van der Waals surface area contributed by atoms with Gasteiger partial charge in [-0.3, -0.25) is 14.5 Å². The molecule has 0 aliphatic carbocycles. The minimum Gasteiger partial charge on any atom is -0.633 e. The smallest absolute Gasteiger partial charge is 0.169 e. The average molecular weight is 447 g/mol. The van der Waals surface area contributed by atoms with Gasteiger partial charge in [0.2, 0.25) is 0 Å². The summed E-state index contributed by atoms with van der Waals surface area (Å²) in [7, 11) is 1.81. The van der Waals surface area contributed by atoms with E-state index in [2.05, 4.69) is 20.3 Å². The lowest BCUT2D eigenvalue weighted by atomic mass is 10.0. The fourth-order valence-electron chi connectivity index (χ4n) is 3.97. The van der Waals surface area contributed by atoms with E-state index in [1.54, 1.807) is 29.2 Å². The summed E-state index contributed by atoms with van der Waals surface area (Å²) >= 11 is 0. The van der Waals surface area contributed by atoms with Crippen molar-refractivity contribution in [3.8, 4) is 11.3 Å². The Hall–Kier alpha value is -3.69. The van der Waals surface area contributed by atoms with Gasteiger partial charge in [-0.1, -0.05) is 17.3 Å². The number of aryl methyl sites for hydroxylation is 1. The lowest BCUT2D eigenvalue weighted by Crippen LogP contribution is -2.54. The van der Waals surface area contributed by atoms with Gasteiger partial charge in [0.05, 0.1) is 49.9 Å². The molecule has 1 fully saturated rings. The van der Waals surface area contributed by atoms with Crippen LogP contribution in [-0.2, 0) is 13.5 Å². The molecule has 1 saturated heterocycles. The molecule has 4 heterocycles. The molecule has 9 heteroatoms. The molecular weight excluding hydrogens is 418 g/mol. The van der Waals surface area contributed by atoms with E-state index in [1.165, 1.54) is 0 Å². The van der Waals surface area contributed by atoms with Crippen LogP contribution in [0.4, 0.5) is 5.82 Å². The summed E-state index contributed by atoms with van der Waals surface area (Å²) in [5.74, 6) is 0.446. The van der Waals surface area contributed by atoms with E-state index in [4.69, 9.17) is 4.11 Å². The summed E-state index contributed by atoms with van der Waals surface area (Å²) in [6, 6.07) is 11.2. The highest BCUT2D eigenvalue weighted by Crippen LogP contribution is 2.24. The van der Waals surface area contributed by atoms with Gasteiger partial charge in [-0.15, -0.1) is 5.10 Å². The van der Waals surface area contributed by atoms with Gasteiger partial charge in [0.25, 0.3) is 0 Å². The highest BCUT2D eigenvalue weighted by atomic mass is 16.5. The van der Waals surface area contributed by atoms with Crippen molar-refractivity contribution in [2.45, 2.75) is 6.42 Å². The molecule has 3 aromatic heterocycles. The highest BCUT2D eigenvalue weighted by Gasteiger charge is 2.23. The second-order valence-corrected chi connectivity index (χ2v) is 8.34. The molecule has 4 aromatic rings. The number of likely N-dealkylation sites (N-methyl/N-ethyl adjacent to an activating group) is 1. The van der Waals surface area contributed by atoms with E-state index < -0.39 is 11.6 Å². The number of pyridine rings is 2. The molecule has 0 radical (unpaired) electrons. The number of anilines is 1. The fraction of sp³-hybridized carbons (Fsp3) is 0.292. The van der Waals surface area contributed by atoms with Crippen molar-refractivity contribution in [3.63, 3.8) is 0 Å². The van der Waals surface area contributed by atoms with Gasteiger partial charge in [-0.2, -0.15) is 0 Å². The molecule has 9 nitrogen and oxygen atoms in total. The first-order valence-electron chi connectivity index (χ1n) is 12.2. The molecule has 1 aliphatic heterocycles. The minimum atomic E-state index is -2.60. The number of carbonyl (C=O) groups excluding carboxylic acids is 1. The summed E-state index contributed by atoms with van der Waals surface area (Å²) in [4.78, 5) is 23.7. The van der Waals surface area contributed by atoms with E-state index in [9.17, 15) is 10.0 Å². The first-order chi connectivity index (χ1) is 17.1. The number of piperazine rings is 1. The van der Waals surface area contributed by atoms with Gasteiger partial charge in [0.15, 0.2) is 5.78 Å². The standard InChI is InChI=1S/C24H25N7O2/c1-29-16-22(27-28-29)17-3-4-19-15-26-21(12-20(19)11-17)14-23(32)18-5-6-25-24(13-18)30-7-9-31(2,33)10-8-30/h3-6,11-13,15-16H,7-10,14H2,1-2H3/i2D3. The van der Waals surface area contributed by atoms with Crippen LogP contribution in [0.1, 0.15) is 20.2 Å². The molecule has 0 spiro atoms. The number of hydrogen-bond donors (Lipinski definition) is 0. The molecule has 0 bridgehead atoms. The van der Waals surface area contributed by atoms with Crippen LogP contribution in [0.2, 0.25) is 0 Å². The van der Waals surface area contributed by atoms with E-state index in [0.717, 1.165) is 22.0 Å². The maximum absolute atomic E-state index is 13.1. The van der Waals surface area contributed by atoms with Crippen LogP contribution >= 0.6 is 0 Å². The highest BCUT2D eigenvalue weighted by molar-refractivity contribution is 5.98. The second kappa shape index (κ2) is 8.34. The van der Waals surface area contributed by atoms with Crippen LogP contribution in [0.3, 0.4) is 0 Å². The number of quaternary nitrogens is 1. The molecule has 0 amide bonds. The van der Waals surface area contributed by atoms with Gasteiger partial charge in [-0.05, 0) is 29.7 Å². The van der Waals surface area contributed by atoms with Gasteiger partial charge < -0.3 is 14.8 Å². The maximum Gasteiger partial charge on any atom is 0.169 e. The van der Waals surface area contributed by atoms with Gasteiger partial charge in [-0.25, -0.2) is 4.98 Å². The molecule has 0 unspecified atom stereocenters. The minimum absolute atomic E-state index is 0.0616. The summed E-state index contributed by atoms with van der Waals surface area (Å²) in [5.41, 5.74) is 2.83. The predicted octanol–water partition coefficient (Wildman–Crippen LogP) is 2.62. The van der Waals surface area contributed by atoms with Crippen molar-refractivity contribution in [2.24, 2.45) is 7.05 Å². The van der Waals surface area contributed by atoms with Gasteiger partial charge >= 0.3 is 0 Å². The third kappa shape index (κ3) is 4.59. The lowest BCUT2D eigenvalue weighted by molar-refractivity contribution is -0.861. The molecule has 168 valence electrons. The number of aromatic nitrogens is 5. The van der Waals surface area contributed by atoms with Crippen molar-refractivity contribution in [2.75, 3.05) is 38.1 Å². The average Bonchev–Trinajstić information content (AvgIpc) is 3.30. The van der Waals surface area contributed by atoms with Crippen molar-refractivity contribution < 1.29 is 13.6 Å². The lowest BCUT2D eigenvalue weighted by Gasteiger charge is -2.45. The Balaban J connectivity index is 1.31. The quantitative estimate of drug-likeness (QED) is 0.264. The van der Waals surface area contributed by atoms with Crippen LogP contribution in [0.5, 0.6) is 0 Å². The Kier molecular flexibility index (Phi) is 4.50. The van der Waals surface area contributed by atoms with E-state index in [-0.39, 0.29) is 38.4 Å². The summed E-state index contributed by atoms with van der Waals surface area (Å²) in [6.07, 6.45) is 5.27. The van der Waals surface area contributed by atoms with Crippen LogP contribution in [0, 0.1) is 5.21 Å². The third-order valence-corrected chi connectivity index (χ3v) is 5.87. The first kappa shape index (κ1) is 17.8. The summed E-state index contributed by atoms with van der Waals surface area (Å²) in [6.45, 7) is -2.21. The van der Waals surface area contributed by atoms with Crippen molar-refractivity contribution in [1.82, 2.24) is 25.0 Å². The van der Waals surface area contributed by atoms with Crippen LogP contribution in [0.25, 0.3) is 22.0 Å². The molecule has 5 rings (SSSR count). The molecule has 33 heavy (non-hydrogen) atoms. The van der Waals surface area contributed by atoms with E-state index >= 15 is 0 Å². The van der Waals surface area contributed by atoms with Gasteiger partial charge in [0, 0.05) is 41.6 Å². The van der Waals surface area contributed by atoms with Crippen molar-refractivity contribution in [3.05, 3.63) is 71.5 Å². The number of ketones is 1. The molecule has 0 atom stereocenters. The number of benzene rings is 1. The monoisotopic (exact) mass is 446 g/mol. The predicted molar refractivity (Wildman–Crippen MR) is 126 cm³/mol. The maximum atomic E-state index is 13.1. The van der Waals surface area contributed by atoms with Gasteiger partial charge in [0.1, 0.15) is 11.5 Å². The largest absolute Gasteiger partial charge is 0.633 e.